The van der Waals surface area contributed by atoms with E-state index < -0.39 is 0 Å². The van der Waals surface area contributed by atoms with Crippen molar-refractivity contribution < 1.29 is 0 Å². The van der Waals surface area contributed by atoms with E-state index in [-0.39, 0.29) is 0 Å². The maximum absolute atomic E-state index is 5.91. The third kappa shape index (κ3) is 2.17. The van der Waals surface area contributed by atoms with Gasteiger partial charge in [0.2, 0.25) is 0 Å². The highest BCUT2D eigenvalue weighted by molar-refractivity contribution is 9.10. The number of benzene rings is 1. The highest BCUT2D eigenvalue weighted by Crippen LogP contribution is 2.26. The number of fused-ring (bicyclic) bond motifs is 1. The van der Waals surface area contributed by atoms with Gasteiger partial charge >= 0.3 is 0 Å². The lowest BCUT2D eigenvalue weighted by Gasteiger charge is -2.03. The molecular formula is C15H14BrN3. The number of halogens is 1. The number of aromatic nitrogens is 2. The molecular weight excluding hydrogens is 302 g/mol. The highest BCUT2D eigenvalue weighted by Gasteiger charge is 2.12. The van der Waals surface area contributed by atoms with Crippen molar-refractivity contribution in [2.75, 3.05) is 0 Å². The molecule has 2 heterocycles. The van der Waals surface area contributed by atoms with Crippen molar-refractivity contribution in [3.05, 3.63) is 58.3 Å². The normalized spacial score (nSPS) is 11.1. The molecule has 96 valence electrons. The summed E-state index contributed by atoms with van der Waals surface area (Å²) in [6, 6.07) is 12.2. The van der Waals surface area contributed by atoms with Crippen molar-refractivity contribution >= 4 is 21.6 Å². The van der Waals surface area contributed by atoms with Gasteiger partial charge < -0.3 is 10.1 Å². The predicted octanol–water partition coefficient (Wildman–Crippen LogP) is 3.53. The van der Waals surface area contributed by atoms with Crippen molar-refractivity contribution in [1.29, 1.82) is 0 Å². The molecule has 0 aliphatic carbocycles. The lowest BCUT2D eigenvalue weighted by atomic mass is 10.1. The van der Waals surface area contributed by atoms with Gasteiger partial charge in [0.05, 0.1) is 11.4 Å². The van der Waals surface area contributed by atoms with Crippen LogP contribution < -0.4 is 5.73 Å². The molecule has 0 saturated carbocycles. The first-order valence-corrected chi connectivity index (χ1v) is 6.92. The van der Waals surface area contributed by atoms with Gasteiger partial charge in [0.25, 0.3) is 0 Å². The molecule has 0 fully saturated rings. The summed E-state index contributed by atoms with van der Waals surface area (Å²) in [5.41, 5.74) is 11.1. The second kappa shape index (κ2) is 4.79. The van der Waals surface area contributed by atoms with Crippen LogP contribution in [0.1, 0.15) is 11.3 Å². The van der Waals surface area contributed by atoms with E-state index in [1.807, 2.05) is 18.2 Å². The van der Waals surface area contributed by atoms with Crippen molar-refractivity contribution in [2.24, 2.45) is 5.73 Å². The van der Waals surface area contributed by atoms with Crippen molar-refractivity contribution in [1.82, 2.24) is 9.38 Å². The monoisotopic (exact) mass is 315 g/mol. The van der Waals surface area contributed by atoms with Crippen LogP contribution in [0.4, 0.5) is 0 Å². The SMILES string of the molecule is Cc1ccc2nc(-c3ccc(Br)cc3)c(CN)n2c1. The zero-order valence-corrected chi connectivity index (χ0v) is 12.2. The molecule has 0 aliphatic heterocycles. The molecule has 0 spiro atoms. The summed E-state index contributed by atoms with van der Waals surface area (Å²) in [5.74, 6) is 0. The molecule has 0 saturated heterocycles. The molecule has 3 nitrogen and oxygen atoms in total. The zero-order valence-electron chi connectivity index (χ0n) is 10.6. The van der Waals surface area contributed by atoms with E-state index >= 15 is 0 Å². The number of hydrogen-bond acceptors (Lipinski definition) is 2. The van der Waals surface area contributed by atoms with Crippen LogP contribution in [-0.2, 0) is 6.54 Å². The third-order valence-electron chi connectivity index (χ3n) is 3.18. The molecule has 19 heavy (non-hydrogen) atoms. The number of imidazole rings is 1. The highest BCUT2D eigenvalue weighted by atomic mass is 79.9. The second-order valence-electron chi connectivity index (χ2n) is 4.55. The van der Waals surface area contributed by atoms with E-state index in [1.54, 1.807) is 0 Å². The number of nitrogens with two attached hydrogens (primary N) is 1. The molecule has 0 bridgehead atoms. The van der Waals surface area contributed by atoms with Gasteiger partial charge in [0.1, 0.15) is 5.65 Å². The number of aryl methyl sites for hydroxylation is 1. The maximum atomic E-state index is 5.91. The second-order valence-corrected chi connectivity index (χ2v) is 5.47. The summed E-state index contributed by atoms with van der Waals surface area (Å²) >= 11 is 3.45. The minimum absolute atomic E-state index is 0.468. The third-order valence-corrected chi connectivity index (χ3v) is 3.71. The van der Waals surface area contributed by atoms with Gasteiger partial charge in [-0.3, -0.25) is 0 Å². The molecule has 0 atom stereocenters. The Bertz CT molecular complexity index is 729. The van der Waals surface area contributed by atoms with Crippen LogP contribution in [0.15, 0.2) is 47.1 Å². The Labute approximate surface area is 120 Å². The lowest BCUT2D eigenvalue weighted by molar-refractivity contribution is 0.957. The average molecular weight is 316 g/mol. The van der Waals surface area contributed by atoms with Crippen LogP contribution in [0.3, 0.4) is 0 Å². The molecule has 0 unspecified atom stereocenters. The molecule has 2 aromatic heterocycles. The van der Waals surface area contributed by atoms with Crippen LogP contribution in [0.2, 0.25) is 0 Å². The minimum atomic E-state index is 0.468. The number of pyridine rings is 1. The smallest absolute Gasteiger partial charge is 0.137 e. The summed E-state index contributed by atoms with van der Waals surface area (Å²) in [4.78, 5) is 4.69. The van der Waals surface area contributed by atoms with E-state index in [2.05, 4.69) is 51.7 Å². The molecule has 0 amide bonds. The van der Waals surface area contributed by atoms with Crippen LogP contribution in [0, 0.1) is 6.92 Å². The number of rotatable bonds is 2. The Morgan fingerprint density at radius 2 is 1.89 bits per heavy atom. The number of nitrogens with zero attached hydrogens (tertiary/aromatic N) is 2. The van der Waals surface area contributed by atoms with Crippen molar-refractivity contribution in [3.8, 4) is 11.3 Å². The van der Waals surface area contributed by atoms with Crippen LogP contribution in [0.5, 0.6) is 0 Å². The molecule has 1 aromatic carbocycles. The Morgan fingerprint density at radius 1 is 1.16 bits per heavy atom. The van der Waals surface area contributed by atoms with Gasteiger partial charge in [-0.2, -0.15) is 0 Å². The van der Waals surface area contributed by atoms with Crippen LogP contribution in [0.25, 0.3) is 16.9 Å². The standard InChI is InChI=1S/C15H14BrN3/c1-10-2-7-14-18-15(13(8-17)19(14)9-10)11-3-5-12(16)6-4-11/h2-7,9H,8,17H2,1H3. The molecule has 4 heteroatoms. The van der Waals surface area contributed by atoms with E-state index in [4.69, 9.17) is 10.7 Å². The van der Waals surface area contributed by atoms with Crippen molar-refractivity contribution in [3.63, 3.8) is 0 Å². The van der Waals surface area contributed by atoms with Gasteiger partial charge in [-0.1, -0.05) is 34.1 Å². The quantitative estimate of drug-likeness (QED) is 0.786. The van der Waals surface area contributed by atoms with Crippen LogP contribution in [-0.4, -0.2) is 9.38 Å². The zero-order chi connectivity index (χ0) is 13.4. The van der Waals surface area contributed by atoms with E-state index in [1.165, 1.54) is 5.56 Å². The van der Waals surface area contributed by atoms with E-state index in [0.29, 0.717) is 6.54 Å². The Kier molecular flexibility index (Phi) is 3.12. The predicted molar refractivity (Wildman–Crippen MR) is 81.0 cm³/mol. The minimum Gasteiger partial charge on any atom is -0.325 e. The van der Waals surface area contributed by atoms with E-state index in [9.17, 15) is 0 Å². The fourth-order valence-corrected chi connectivity index (χ4v) is 2.50. The maximum Gasteiger partial charge on any atom is 0.137 e. The van der Waals surface area contributed by atoms with Gasteiger partial charge in [0, 0.05) is 22.8 Å². The van der Waals surface area contributed by atoms with Gasteiger partial charge in [-0.25, -0.2) is 4.98 Å². The summed E-state index contributed by atoms with van der Waals surface area (Å²) in [6.07, 6.45) is 2.08. The summed E-state index contributed by atoms with van der Waals surface area (Å²) in [6.45, 7) is 2.54. The molecule has 0 aliphatic rings. The van der Waals surface area contributed by atoms with Gasteiger partial charge in [0.15, 0.2) is 0 Å². The van der Waals surface area contributed by atoms with Gasteiger partial charge in [-0.05, 0) is 30.7 Å². The fraction of sp³-hybridized carbons (Fsp3) is 0.133. The first kappa shape index (κ1) is 12.4. The first-order valence-electron chi connectivity index (χ1n) is 6.12. The lowest BCUT2D eigenvalue weighted by Crippen LogP contribution is -2.02. The average Bonchev–Trinajstić information content (AvgIpc) is 2.77. The van der Waals surface area contributed by atoms with Crippen LogP contribution >= 0.6 is 15.9 Å². The topological polar surface area (TPSA) is 43.3 Å². The summed E-state index contributed by atoms with van der Waals surface area (Å²) < 4.78 is 3.14. The Balaban J connectivity index is 2.25. The summed E-state index contributed by atoms with van der Waals surface area (Å²) in [5, 5.41) is 0. The largest absolute Gasteiger partial charge is 0.325 e. The number of hydrogen-bond donors (Lipinski definition) is 1. The fourth-order valence-electron chi connectivity index (χ4n) is 2.23. The Hall–Kier alpha value is -1.65. The molecule has 3 aromatic rings. The molecule has 3 rings (SSSR count). The molecule has 2 N–H and O–H groups in total. The van der Waals surface area contributed by atoms with Gasteiger partial charge in [-0.15, -0.1) is 0 Å². The first-order chi connectivity index (χ1) is 9.19. The summed E-state index contributed by atoms with van der Waals surface area (Å²) in [7, 11) is 0. The Morgan fingerprint density at radius 3 is 2.58 bits per heavy atom. The molecule has 0 radical (unpaired) electrons. The van der Waals surface area contributed by atoms with Crippen molar-refractivity contribution in [2.45, 2.75) is 13.5 Å². The van der Waals surface area contributed by atoms with E-state index in [0.717, 1.165) is 27.1 Å².